The topological polar surface area (TPSA) is 56.2 Å². The van der Waals surface area contributed by atoms with E-state index < -0.39 is 0 Å². The van der Waals surface area contributed by atoms with Crippen LogP contribution in [-0.4, -0.2) is 14.6 Å². The fraction of sp³-hybridized carbons (Fsp3) is 0.250. The summed E-state index contributed by atoms with van der Waals surface area (Å²) in [6, 6.07) is 0. The fourth-order valence-corrected chi connectivity index (χ4v) is 1.50. The molecule has 0 unspecified atom stereocenters. The lowest BCUT2D eigenvalue weighted by Gasteiger charge is -1.96. The predicted molar refractivity (Wildman–Crippen MR) is 54.5 cm³/mol. The molecule has 0 atom stereocenters. The summed E-state index contributed by atoms with van der Waals surface area (Å²) in [6.45, 7) is 2.07. The quantitative estimate of drug-likeness (QED) is 0.825. The Morgan fingerprint density at radius 1 is 1.62 bits per heavy atom. The highest BCUT2D eigenvalue weighted by Gasteiger charge is 2.07. The molecular weight excluding hydrogens is 232 g/mol. The van der Waals surface area contributed by atoms with Gasteiger partial charge in [-0.2, -0.15) is 5.10 Å². The minimum Gasteiger partial charge on any atom is -0.393 e. The number of nitrogens with two attached hydrogens (primary N) is 1. The van der Waals surface area contributed by atoms with E-state index in [0.717, 1.165) is 12.0 Å². The van der Waals surface area contributed by atoms with E-state index in [1.807, 2.05) is 12.4 Å². The number of nitrogens with zero attached hydrogens (tertiary/aromatic N) is 3. The number of aromatic nitrogens is 3. The van der Waals surface area contributed by atoms with Gasteiger partial charge < -0.3 is 5.73 Å². The number of rotatable bonds is 1. The Bertz CT molecular complexity index is 449. The summed E-state index contributed by atoms with van der Waals surface area (Å²) >= 11 is 3.26. The van der Waals surface area contributed by atoms with E-state index in [-0.39, 0.29) is 0 Å². The SMILES string of the molecule is CCc1cnc2c(N)c(Br)nn2c1. The molecule has 2 aromatic heterocycles. The summed E-state index contributed by atoms with van der Waals surface area (Å²) in [5.74, 6) is 0. The Morgan fingerprint density at radius 3 is 3.08 bits per heavy atom. The maximum absolute atomic E-state index is 5.74. The molecule has 0 radical (unpaired) electrons. The molecular formula is C8H9BrN4. The van der Waals surface area contributed by atoms with Gasteiger partial charge in [-0.05, 0) is 27.9 Å². The lowest BCUT2D eigenvalue weighted by Crippen LogP contribution is -1.94. The molecule has 0 fully saturated rings. The van der Waals surface area contributed by atoms with E-state index in [9.17, 15) is 0 Å². The van der Waals surface area contributed by atoms with E-state index in [4.69, 9.17) is 5.73 Å². The molecule has 2 N–H and O–H groups in total. The van der Waals surface area contributed by atoms with E-state index in [2.05, 4.69) is 32.9 Å². The van der Waals surface area contributed by atoms with Gasteiger partial charge >= 0.3 is 0 Å². The van der Waals surface area contributed by atoms with E-state index in [1.54, 1.807) is 4.52 Å². The minimum absolute atomic E-state index is 0.586. The van der Waals surface area contributed by atoms with Gasteiger partial charge in [-0.1, -0.05) is 6.92 Å². The average molecular weight is 241 g/mol. The van der Waals surface area contributed by atoms with Crippen LogP contribution in [0.3, 0.4) is 0 Å². The van der Waals surface area contributed by atoms with Crippen LogP contribution in [0.2, 0.25) is 0 Å². The van der Waals surface area contributed by atoms with Gasteiger partial charge in [0, 0.05) is 12.4 Å². The minimum atomic E-state index is 0.586. The van der Waals surface area contributed by atoms with Crippen LogP contribution in [0.25, 0.3) is 5.65 Å². The summed E-state index contributed by atoms with van der Waals surface area (Å²) in [5, 5.41) is 4.17. The molecule has 13 heavy (non-hydrogen) atoms. The summed E-state index contributed by atoms with van der Waals surface area (Å²) in [6.07, 6.45) is 4.70. The molecule has 2 heterocycles. The molecule has 68 valence electrons. The second kappa shape index (κ2) is 2.99. The zero-order chi connectivity index (χ0) is 9.42. The Kier molecular flexibility index (Phi) is 1.95. The number of aryl methyl sites for hydroxylation is 1. The molecule has 0 amide bonds. The lowest BCUT2D eigenvalue weighted by molar-refractivity contribution is 0.901. The Labute approximate surface area is 83.9 Å². The maximum Gasteiger partial charge on any atom is 0.179 e. The first-order valence-electron chi connectivity index (χ1n) is 4.00. The first-order valence-corrected chi connectivity index (χ1v) is 4.80. The van der Waals surface area contributed by atoms with Crippen LogP contribution in [0.15, 0.2) is 17.0 Å². The van der Waals surface area contributed by atoms with E-state index >= 15 is 0 Å². The number of halogens is 1. The van der Waals surface area contributed by atoms with Crippen molar-refractivity contribution in [2.24, 2.45) is 0 Å². The van der Waals surface area contributed by atoms with Crippen molar-refractivity contribution in [2.45, 2.75) is 13.3 Å². The number of hydrogen-bond acceptors (Lipinski definition) is 3. The van der Waals surface area contributed by atoms with Gasteiger partial charge in [0.05, 0.1) is 0 Å². The zero-order valence-electron chi connectivity index (χ0n) is 7.16. The number of fused-ring (bicyclic) bond motifs is 1. The van der Waals surface area contributed by atoms with Crippen LogP contribution in [0.5, 0.6) is 0 Å². The molecule has 0 aromatic carbocycles. The second-order valence-electron chi connectivity index (χ2n) is 2.79. The van der Waals surface area contributed by atoms with Crippen LogP contribution in [-0.2, 0) is 6.42 Å². The Morgan fingerprint density at radius 2 is 2.38 bits per heavy atom. The van der Waals surface area contributed by atoms with Gasteiger partial charge in [0.25, 0.3) is 0 Å². The Hall–Kier alpha value is -1.10. The molecule has 2 rings (SSSR count). The molecule has 0 saturated heterocycles. The van der Waals surface area contributed by atoms with Crippen LogP contribution >= 0.6 is 15.9 Å². The molecule has 0 bridgehead atoms. The highest BCUT2D eigenvalue weighted by molar-refractivity contribution is 9.10. The van der Waals surface area contributed by atoms with Gasteiger partial charge in [0.1, 0.15) is 5.69 Å². The number of hydrogen-bond donors (Lipinski definition) is 1. The molecule has 0 aliphatic carbocycles. The van der Waals surface area contributed by atoms with E-state index in [0.29, 0.717) is 15.9 Å². The standard InChI is InChI=1S/C8H9BrN4/c1-2-5-3-11-8-6(10)7(9)12-13(8)4-5/h3-4H,2,10H2,1H3. The maximum atomic E-state index is 5.74. The monoisotopic (exact) mass is 240 g/mol. The number of anilines is 1. The highest BCUT2D eigenvalue weighted by atomic mass is 79.9. The van der Waals surface area contributed by atoms with Crippen LogP contribution in [0.1, 0.15) is 12.5 Å². The van der Waals surface area contributed by atoms with Crippen molar-refractivity contribution in [1.29, 1.82) is 0 Å². The molecule has 0 aliphatic rings. The number of nitrogen functional groups attached to an aromatic ring is 1. The lowest BCUT2D eigenvalue weighted by atomic mass is 10.3. The molecule has 0 saturated carbocycles. The fourth-order valence-electron chi connectivity index (χ4n) is 1.15. The zero-order valence-corrected chi connectivity index (χ0v) is 8.74. The molecule has 0 aliphatic heterocycles. The predicted octanol–water partition coefficient (Wildman–Crippen LogP) is 1.64. The van der Waals surface area contributed by atoms with Gasteiger partial charge in [0.2, 0.25) is 0 Å². The van der Waals surface area contributed by atoms with Crippen molar-refractivity contribution < 1.29 is 0 Å². The third-order valence-electron chi connectivity index (χ3n) is 1.92. The van der Waals surface area contributed by atoms with Crippen molar-refractivity contribution in [3.8, 4) is 0 Å². The van der Waals surface area contributed by atoms with Crippen LogP contribution in [0, 0.1) is 0 Å². The van der Waals surface area contributed by atoms with Gasteiger partial charge in [-0.25, -0.2) is 9.50 Å². The summed E-state index contributed by atoms with van der Waals surface area (Å²) in [5.41, 5.74) is 8.16. The van der Waals surface area contributed by atoms with Crippen molar-refractivity contribution in [3.05, 3.63) is 22.6 Å². The van der Waals surface area contributed by atoms with Crippen molar-refractivity contribution in [2.75, 3.05) is 5.73 Å². The largest absolute Gasteiger partial charge is 0.393 e. The van der Waals surface area contributed by atoms with Crippen molar-refractivity contribution in [3.63, 3.8) is 0 Å². The smallest absolute Gasteiger partial charge is 0.179 e. The average Bonchev–Trinajstić information content (AvgIpc) is 2.42. The normalized spacial score (nSPS) is 10.9. The summed E-state index contributed by atoms with van der Waals surface area (Å²) in [7, 11) is 0. The molecule has 4 nitrogen and oxygen atoms in total. The Balaban J connectivity index is 2.73. The second-order valence-corrected chi connectivity index (χ2v) is 3.54. The van der Waals surface area contributed by atoms with Gasteiger partial charge in [-0.15, -0.1) is 0 Å². The van der Waals surface area contributed by atoms with Crippen LogP contribution < -0.4 is 5.73 Å². The van der Waals surface area contributed by atoms with E-state index in [1.165, 1.54) is 0 Å². The summed E-state index contributed by atoms with van der Waals surface area (Å²) < 4.78 is 2.34. The third-order valence-corrected chi connectivity index (χ3v) is 2.51. The summed E-state index contributed by atoms with van der Waals surface area (Å²) in [4.78, 5) is 4.22. The first kappa shape index (κ1) is 8.50. The van der Waals surface area contributed by atoms with Gasteiger partial charge in [-0.3, -0.25) is 0 Å². The van der Waals surface area contributed by atoms with Crippen molar-refractivity contribution in [1.82, 2.24) is 14.6 Å². The highest BCUT2D eigenvalue weighted by Crippen LogP contribution is 2.21. The van der Waals surface area contributed by atoms with Gasteiger partial charge in [0.15, 0.2) is 10.3 Å². The third kappa shape index (κ3) is 1.29. The molecule has 0 spiro atoms. The first-order chi connectivity index (χ1) is 6.22. The van der Waals surface area contributed by atoms with Crippen molar-refractivity contribution >= 4 is 27.3 Å². The molecule has 5 heteroatoms. The van der Waals surface area contributed by atoms with Crippen LogP contribution in [0.4, 0.5) is 5.69 Å². The molecule has 2 aromatic rings.